The molecule has 1 aromatic carbocycles. The highest BCUT2D eigenvalue weighted by atomic mass is 16.5. The van der Waals surface area contributed by atoms with E-state index < -0.39 is 0 Å². The van der Waals surface area contributed by atoms with E-state index in [0.717, 1.165) is 17.8 Å². The Morgan fingerprint density at radius 3 is 2.74 bits per heavy atom. The fourth-order valence-electron chi connectivity index (χ4n) is 2.10. The van der Waals surface area contributed by atoms with Crippen LogP contribution in [0.15, 0.2) is 36.7 Å². The van der Waals surface area contributed by atoms with Crippen molar-refractivity contribution in [3.8, 4) is 5.75 Å². The minimum absolute atomic E-state index is 0.213. The molecule has 5 nitrogen and oxygen atoms in total. The number of aryl methyl sites for hydroxylation is 1. The second kappa shape index (κ2) is 7.63. The summed E-state index contributed by atoms with van der Waals surface area (Å²) in [6.45, 7) is 7.05. The summed E-state index contributed by atoms with van der Waals surface area (Å²) in [6, 6.07) is 7.45. The summed E-state index contributed by atoms with van der Waals surface area (Å²) in [6.07, 6.45) is 3.27. The minimum Gasteiger partial charge on any atom is -0.495 e. The standard InChI is InChI=1S/C18H23N3O2/c1-12(2)9-20-15-8-14(10-19-11-15)18(22)21-16-7-13(3)5-6-17(16)23-4/h5-8,10-12,20H,9H2,1-4H3,(H,21,22). The van der Waals surface area contributed by atoms with Crippen molar-refractivity contribution in [1.82, 2.24) is 4.98 Å². The van der Waals surface area contributed by atoms with Crippen LogP contribution in [0.1, 0.15) is 29.8 Å². The zero-order chi connectivity index (χ0) is 16.8. The van der Waals surface area contributed by atoms with Gasteiger partial charge < -0.3 is 15.4 Å². The number of carbonyl (C=O) groups excluding carboxylic acids is 1. The second-order valence-corrected chi connectivity index (χ2v) is 5.89. The lowest BCUT2D eigenvalue weighted by atomic mass is 10.2. The van der Waals surface area contributed by atoms with Crippen LogP contribution in [0.3, 0.4) is 0 Å². The van der Waals surface area contributed by atoms with E-state index in [1.165, 1.54) is 0 Å². The van der Waals surface area contributed by atoms with Gasteiger partial charge in [-0.3, -0.25) is 9.78 Å². The fourth-order valence-corrected chi connectivity index (χ4v) is 2.10. The van der Waals surface area contributed by atoms with E-state index in [4.69, 9.17) is 4.74 Å². The average Bonchev–Trinajstić information content (AvgIpc) is 2.53. The monoisotopic (exact) mass is 313 g/mol. The summed E-state index contributed by atoms with van der Waals surface area (Å²) in [7, 11) is 1.58. The molecule has 0 aliphatic carbocycles. The van der Waals surface area contributed by atoms with Gasteiger partial charge in [0.15, 0.2) is 0 Å². The number of carbonyl (C=O) groups is 1. The number of aromatic nitrogens is 1. The highest BCUT2D eigenvalue weighted by molar-refractivity contribution is 6.05. The Balaban J connectivity index is 2.15. The number of methoxy groups -OCH3 is 1. The molecule has 23 heavy (non-hydrogen) atoms. The average molecular weight is 313 g/mol. The summed E-state index contributed by atoms with van der Waals surface area (Å²) in [5, 5.41) is 6.15. The summed E-state index contributed by atoms with van der Waals surface area (Å²) in [4.78, 5) is 16.6. The van der Waals surface area contributed by atoms with Gasteiger partial charge >= 0.3 is 0 Å². The van der Waals surface area contributed by atoms with Crippen LogP contribution >= 0.6 is 0 Å². The molecule has 0 aliphatic heterocycles. The van der Waals surface area contributed by atoms with Crippen molar-refractivity contribution in [2.75, 3.05) is 24.3 Å². The normalized spacial score (nSPS) is 10.5. The molecule has 0 atom stereocenters. The summed E-state index contributed by atoms with van der Waals surface area (Å²) >= 11 is 0. The van der Waals surface area contributed by atoms with Gasteiger partial charge in [-0.25, -0.2) is 0 Å². The molecule has 0 saturated carbocycles. The molecule has 2 N–H and O–H groups in total. The highest BCUT2D eigenvalue weighted by Gasteiger charge is 2.11. The second-order valence-electron chi connectivity index (χ2n) is 5.89. The van der Waals surface area contributed by atoms with Gasteiger partial charge in [0.1, 0.15) is 5.75 Å². The van der Waals surface area contributed by atoms with Gasteiger partial charge in [-0.2, -0.15) is 0 Å². The summed E-state index contributed by atoms with van der Waals surface area (Å²) in [5.74, 6) is 0.935. The number of amides is 1. The Hall–Kier alpha value is -2.56. The molecule has 122 valence electrons. The molecule has 5 heteroatoms. The van der Waals surface area contributed by atoms with Crippen molar-refractivity contribution in [2.45, 2.75) is 20.8 Å². The van der Waals surface area contributed by atoms with Crippen LogP contribution in [0.2, 0.25) is 0 Å². The topological polar surface area (TPSA) is 63.2 Å². The third kappa shape index (κ3) is 4.71. The smallest absolute Gasteiger partial charge is 0.257 e. The van der Waals surface area contributed by atoms with E-state index in [-0.39, 0.29) is 5.91 Å². The van der Waals surface area contributed by atoms with Gasteiger partial charge in [0.05, 0.1) is 24.0 Å². The van der Waals surface area contributed by atoms with E-state index in [0.29, 0.717) is 22.9 Å². The number of ether oxygens (including phenoxy) is 1. The third-order valence-corrected chi connectivity index (χ3v) is 3.32. The van der Waals surface area contributed by atoms with Gasteiger partial charge in [-0.1, -0.05) is 19.9 Å². The van der Waals surface area contributed by atoms with Gasteiger partial charge in [-0.05, 0) is 36.6 Å². The first-order chi connectivity index (χ1) is 11.0. The van der Waals surface area contributed by atoms with Gasteiger partial charge in [0.2, 0.25) is 0 Å². The molecule has 0 saturated heterocycles. The molecule has 0 radical (unpaired) electrons. The molecule has 0 aliphatic rings. The Morgan fingerprint density at radius 2 is 2.04 bits per heavy atom. The highest BCUT2D eigenvalue weighted by Crippen LogP contribution is 2.25. The van der Waals surface area contributed by atoms with E-state index in [9.17, 15) is 4.79 Å². The number of pyridine rings is 1. The van der Waals surface area contributed by atoms with Gasteiger partial charge in [0, 0.05) is 18.9 Å². The lowest BCUT2D eigenvalue weighted by Crippen LogP contribution is -2.14. The van der Waals surface area contributed by atoms with E-state index in [1.807, 2.05) is 25.1 Å². The largest absolute Gasteiger partial charge is 0.495 e. The molecular formula is C18H23N3O2. The SMILES string of the molecule is COc1ccc(C)cc1NC(=O)c1cncc(NCC(C)C)c1. The molecule has 2 aromatic rings. The van der Waals surface area contributed by atoms with Crippen molar-refractivity contribution >= 4 is 17.3 Å². The molecule has 2 rings (SSSR count). The van der Waals surface area contributed by atoms with Crippen LogP contribution in [0.5, 0.6) is 5.75 Å². The Kier molecular flexibility index (Phi) is 5.57. The van der Waals surface area contributed by atoms with Crippen molar-refractivity contribution in [2.24, 2.45) is 5.92 Å². The number of benzene rings is 1. The number of hydrogen-bond acceptors (Lipinski definition) is 4. The quantitative estimate of drug-likeness (QED) is 0.853. The van der Waals surface area contributed by atoms with Crippen LogP contribution in [0.25, 0.3) is 0 Å². The molecule has 0 unspecified atom stereocenters. The first-order valence-corrected chi connectivity index (χ1v) is 7.64. The fraction of sp³-hybridized carbons (Fsp3) is 0.333. The molecule has 1 amide bonds. The predicted molar refractivity (Wildman–Crippen MR) is 93.2 cm³/mol. The molecule has 1 heterocycles. The van der Waals surface area contributed by atoms with Crippen molar-refractivity contribution < 1.29 is 9.53 Å². The Bertz CT molecular complexity index is 684. The van der Waals surface area contributed by atoms with E-state index >= 15 is 0 Å². The lowest BCUT2D eigenvalue weighted by molar-refractivity contribution is 0.102. The van der Waals surface area contributed by atoms with Crippen molar-refractivity contribution in [1.29, 1.82) is 0 Å². The third-order valence-electron chi connectivity index (χ3n) is 3.32. The van der Waals surface area contributed by atoms with Crippen LogP contribution < -0.4 is 15.4 Å². The zero-order valence-corrected chi connectivity index (χ0v) is 14.0. The lowest BCUT2D eigenvalue weighted by Gasteiger charge is -2.12. The molecular weight excluding hydrogens is 290 g/mol. The first-order valence-electron chi connectivity index (χ1n) is 7.64. The van der Waals surface area contributed by atoms with Crippen LogP contribution in [0.4, 0.5) is 11.4 Å². The minimum atomic E-state index is -0.213. The molecule has 0 spiro atoms. The molecule has 0 bridgehead atoms. The van der Waals surface area contributed by atoms with Crippen molar-refractivity contribution in [3.05, 3.63) is 47.8 Å². The number of nitrogens with zero attached hydrogens (tertiary/aromatic N) is 1. The van der Waals surface area contributed by atoms with Gasteiger partial charge in [-0.15, -0.1) is 0 Å². The number of nitrogens with one attached hydrogen (secondary N) is 2. The Labute approximate surface area is 137 Å². The number of rotatable bonds is 6. The predicted octanol–water partition coefficient (Wildman–Crippen LogP) is 3.72. The van der Waals surface area contributed by atoms with E-state index in [2.05, 4.69) is 29.5 Å². The van der Waals surface area contributed by atoms with Crippen LogP contribution in [0, 0.1) is 12.8 Å². The first kappa shape index (κ1) is 16.8. The van der Waals surface area contributed by atoms with Crippen LogP contribution in [-0.4, -0.2) is 24.5 Å². The maximum absolute atomic E-state index is 12.4. The summed E-state index contributed by atoms with van der Waals surface area (Å²) in [5.41, 5.74) is 3.04. The Morgan fingerprint density at radius 1 is 1.26 bits per heavy atom. The summed E-state index contributed by atoms with van der Waals surface area (Å²) < 4.78 is 5.28. The molecule has 1 aromatic heterocycles. The maximum Gasteiger partial charge on any atom is 0.257 e. The molecule has 0 fully saturated rings. The van der Waals surface area contributed by atoms with Crippen LogP contribution in [-0.2, 0) is 0 Å². The number of anilines is 2. The van der Waals surface area contributed by atoms with Crippen molar-refractivity contribution in [3.63, 3.8) is 0 Å². The van der Waals surface area contributed by atoms with E-state index in [1.54, 1.807) is 25.6 Å². The maximum atomic E-state index is 12.4. The zero-order valence-electron chi connectivity index (χ0n) is 14.0. The number of hydrogen-bond donors (Lipinski definition) is 2. The van der Waals surface area contributed by atoms with Gasteiger partial charge in [0.25, 0.3) is 5.91 Å².